The van der Waals surface area contributed by atoms with Gasteiger partial charge in [-0.3, -0.25) is 0 Å². The molecule has 0 aliphatic rings. The predicted molar refractivity (Wildman–Crippen MR) is 105 cm³/mol. The van der Waals surface area contributed by atoms with Crippen molar-refractivity contribution in [3.63, 3.8) is 0 Å². The summed E-state index contributed by atoms with van der Waals surface area (Å²) in [6.45, 7) is -0.727. The molecule has 1 N–H and O–H groups in total. The first-order valence-corrected chi connectivity index (χ1v) is 9.12. The van der Waals surface area contributed by atoms with Gasteiger partial charge in [-0.05, 0) is 65.9 Å². The van der Waals surface area contributed by atoms with Crippen LogP contribution < -0.4 is 9.47 Å². The van der Waals surface area contributed by atoms with E-state index in [1.54, 1.807) is 30.3 Å². The highest BCUT2D eigenvalue weighted by Gasteiger charge is 2.16. The summed E-state index contributed by atoms with van der Waals surface area (Å²) in [6, 6.07) is 13.5. The highest BCUT2D eigenvalue weighted by molar-refractivity contribution is 5.68. The minimum atomic E-state index is -1.26. The Balaban J connectivity index is 1.86. The van der Waals surface area contributed by atoms with Crippen LogP contribution in [0, 0.1) is 17.5 Å². The summed E-state index contributed by atoms with van der Waals surface area (Å²) < 4.78 is 52.5. The second-order valence-electron chi connectivity index (χ2n) is 6.60. The summed E-state index contributed by atoms with van der Waals surface area (Å²) in [5.41, 5.74) is 1.90. The minimum Gasteiger partial charge on any atom is -0.497 e. The molecule has 0 heterocycles. The fourth-order valence-electron chi connectivity index (χ4n) is 3.08. The highest BCUT2D eigenvalue weighted by atomic mass is 19.1. The molecule has 0 atom stereocenters. The zero-order valence-electron chi connectivity index (χ0n) is 16.1. The number of rotatable bonds is 8. The molecule has 0 aromatic heterocycles. The fraction of sp³-hybridized carbons (Fsp3) is 0.174. The zero-order chi connectivity index (χ0) is 21.7. The maximum Gasteiger partial charge on any atom is 0.341 e. The molecule has 4 nitrogen and oxygen atoms in total. The molecular formula is C23H19F3O4. The van der Waals surface area contributed by atoms with Crippen LogP contribution in [-0.4, -0.2) is 24.8 Å². The SMILES string of the molecule is COc1cc(CCc2c(F)ccc(OCC(=O)O)c2F)cc(-c2cccc(F)c2)c1. The third-order valence-corrected chi connectivity index (χ3v) is 4.53. The van der Waals surface area contributed by atoms with Gasteiger partial charge in [-0.2, -0.15) is 0 Å². The molecule has 3 aromatic rings. The van der Waals surface area contributed by atoms with Crippen LogP contribution in [0.3, 0.4) is 0 Å². The maximum absolute atomic E-state index is 14.6. The molecule has 30 heavy (non-hydrogen) atoms. The van der Waals surface area contributed by atoms with Crippen molar-refractivity contribution in [2.75, 3.05) is 13.7 Å². The number of carbonyl (C=O) groups is 1. The Morgan fingerprint density at radius 2 is 1.77 bits per heavy atom. The van der Waals surface area contributed by atoms with E-state index in [9.17, 15) is 18.0 Å². The minimum absolute atomic E-state index is 0.0116. The summed E-state index contributed by atoms with van der Waals surface area (Å²) >= 11 is 0. The van der Waals surface area contributed by atoms with Gasteiger partial charge in [0.25, 0.3) is 0 Å². The van der Waals surface area contributed by atoms with Crippen molar-refractivity contribution < 1.29 is 32.5 Å². The van der Waals surface area contributed by atoms with E-state index in [0.29, 0.717) is 16.9 Å². The van der Waals surface area contributed by atoms with Crippen molar-refractivity contribution in [1.82, 2.24) is 0 Å². The topological polar surface area (TPSA) is 55.8 Å². The lowest BCUT2D eigenvalue weighted by Gasteiger charge is -2.12. The number of hydrogen-bond donors (Lipinski definition) is 1. The monoisotopic (exact) mass is 416 g/mol. The Labute approximate surface area is 171 Å². The summed E-state index contributed by atoms with van der Waals surface area (Å²) in [7, 11) is 1.50. The number of aliphatic carboxylic acids is 1. The molecule has 0 saturated heterocycles. The van der Waals surface area contributed by atoms with E-state index in [0.717, 1.165) is 17.7 Å². The summed E-state index contributed by atoms with van der Waals surface area (Å²) in [5, 5.41) is 8.67. The first-order chi connectivity index (χ1) is 14.4. The van der Waals surface area contributed by atoms with Crippen molar-refractivity contribution in [2.45, 2.75) is 12.8 Å². The summed E-state index contributed by atoms with van der Waals surface area (Å²) in [5.74, 6) is -3.10. The molecule has 0 spiro atoms. The third-order valence-electron chi connectivity index (χ3n) is 4.53. The van der Waals surface area contributed by atoms with E-state index in [2.05, 4.69) is 0 Å². The van der Waals surface area contributed by atoms with Crippen LogP contribution in [0.4, 0.5) is 13.2 Å². The Hall–Kier alpha value is -3.48. The van der Waals surface area contributed by atoms with E-state index in [-0.39, 0.29) is 30.0 Å². The van der Waals surface area contributed by atoms with Crippen LogP contribution in [0.2, 0.25) is 0 Å². The summed E-state index contributed by atoms with van der Waals surface area (Å²) in [6.07, 6.45) is 0.285. The Morgan fingerprint density at radius 1 is 0.967 bits per heavy atom. The first kappa shape index (κ1) is 21.2. The molecule has 0 aliphatic carbocycles. The van der Waals surface area contributed by atoms with Crippen molar-refractivity contribution in [3.05, 3.63) is 83.2 Å². The van der Waals surface area contributed by atoms with Gasteiger partial charge in [0, 0.05) is 5.56 Å². The molecule has 0 amide bonds. The average Bonchev–Trinajstić information content (AvgIpc) is 2.72. The molecule has 0 radical (unpaired) electrons. The van der Waals surface area contributed by atoms with E-state index < -0.39 is 24.2 Å². The standard InChI is InChI=1S/C23H19F3O4/c1-29-18-10-14(9-16(12-18)15-3-2-4-17(24)11-15)5-6-19-20(25)7-8-21(23(19)26)30-13-22(27)28/h2-4,7-12H,5-6,13H2,1H3,(H,27,28). The molecule has 0 saturated carbocycles. The number of hydrogen-bond acceptors (Lipinski definition) is 3. The van der Waals surface area contributed by atoms with Crippen molar-refractivity contribution in [3.8, 4) is 22.6 Å². The van der Waals surface area contributed by atoms with Gasteiger partial charge in [0.05, 0.1) is 7.11 Å². The van der Waals surface area contributed by atoms with Crippen LogP contribution in [0.15, 0.2) is 54.6 Å². The van der Waals surface area contributed by atoms with Gasteiger partial charge in [-0.25, -0.2) is 18.0 Å². The van der Waals surface area contributed by atoms with E-state index in [1.807, 2.05) is 0 Å². The number of methoxy groups -OCH3 is 1. The summed E-state index contributed by atoms with van der Waals surface area (Å²) in [4.78, 5) is 10.6. The highest BCUT2D eigenvalue weighted by Crippen LogP contribution is 2.29. The first-order valence-electron chi connectivity index (χ1n) is 9.12. The molecule has 3 rings (SSSR count). The molecule has 3 aromatic carbocycles. The lowest BCUT2D eigenvalue weighted by Crippen LogP contribution is -2.11. The van der Waals surface area contributed by atoms with E-state index in [4.69, 9.17) is 14.6 Å². The van der Waals surface area contributed by atoms with E-state index >= 15 is 0 Å². The number of carboxylic acid groups (broad SMARTS) is 1. The fourth-order valence-corrected chi connectivity index (χ4v) is 3.08. The predicted octanol–water partition coefficient (Wildman–Crippen LogP) is 5.03. The van der Waals surface area contributed by atoms with Gasteiger partial charge in [-0.15, -0.1) is 0 Å². The molecule has 0 bridgehead atoms. The van der Waals surface area contributed by atoms with Gasteiger partial charge in [-0.1, -0.05) is 18.2 Å². The van der Waals surface area contributed by atoms with Gasteiger partial charge < -0.3 is 14.6 Å². The molecular weight excluding hydrogens is 397 g/mol. The van der Waals surface area contributed by atoms with Crippen LogP contribution in [-0.2, 0) is 17.6 Å². The maximum atomic E-state index is 14.6. The Bertz CT molecular complexity index is 1070. The lowest BCUT2D eigenvalue weighted by atomic mass is 9.98. The smallest absolute Gasteiger partial charge is 0.341 e. The molecule has 156 valence electrons. The number of halogens is 3. The second kappa shape index (κ2) is 9.35. The largest absolute Gasteiger partial charge is 0.497 e. The van der Waals surface area contributed by atoms with Gasteiger partial charge >= 0.3 is 5.97 Å². The van der Waals surface area contributed by atoms with Crippen molar-refractivity contribution in [2.24, 2.45) is 0 Å². The number of carboxylic acids is 1. The van der Waals surface area contributed by atoms with Gasteiger partial charge in [0.1, 0.15) is 17.4 Å². The molecule has 0 unspecified atom stereocenters. The van der Waals surface area contributed by atoms with Crippen LogP contribution >= 0.6 is 0 Å². The van der Waals surface area contributed by atoms with Crippen molar-refractivity contribution in [1.29, 1.82) is 0 Å². The average molecular weight is 416 g/mol. The quantitative estimate of drug-likeness (QED) is 0.560. The molecule has 0 fully saturated rings. The lowest BCUT2D eigenvalue weighted by molar-refractivity contribution is -0.139. The Kier molecular flexibility index (Phi) is 6.61. The van der Waals surface area contributed by atoms with Crippen LogP contribution in [0.1, 0.15) is 11.1 Å². The molecule has 0 aliphatic heterocycles. The number of ether oxygens (including phenoxy) is 2. The Morgan fingerprint density at radius 3 is 2.47 bits per heavy atom. The zero-order valence-corrected chi connectivity index (χ0v) is 16.1. The third kappa shape index (κ3) is 5.11. The number of benzene rings is 3. The second-order valence-corrected chi connectivity index (χ2v) is 6.60. The molecule has 7 heteroatoms. The van der Waals surface area contributed by atoms with Crippen LogP contribution in [0.25, 0.3) is 11.1 Å². The van der Waals surface area contributed by atoms with Crippen LogP contribution in [0.5, 0.6) is 11.5 Å². The normalized spacial score (nSPS) is 10.7. The van der Waals surface area contributed by atoms with E-state index in [1.165, 1.54) is 19.2 Å². The van der Waals surface area contributed by atoms with Gasteiger partial charge in [0.15, 0.2) is 18.2 Å². The number of aryl methyl sites for hydroxylation is 1. The van der Waals surface area contributed by atoms with Gasteiger partial charge in [0.2, 0.25) is 0 Å². The van der Waals surface area contributed by atoms with Crippen molar-refractivity contribution >= 4 is 5.97 Å².